The van der Waals surface area contributed by atoms with E-state index in [4.69, 9.17) is 14.8 Å². The molecule has 2 aromatic heterocycles. The maximum atomic E-state index is 8.02. The Balaban J connectivity index is 2.05. The average molecular weight is 286 g/mol. The predicted molar refractivity (Wildman–Crippen MR) is 83.2 cm³/mol. The minimum Gasteiger partial charge on any atom is -0.398 e. The summed E-state index contributed by atoms with van der Waals surface area (Å²) in [7, 11) is -0.666. The summed E-state index contributed by atoms with van der Waals surface area (Å²) in [6.45, 7) is 7.79. The summed E-state index contributed by atoms with van der Waals surface area (Å²) < 4.78 is 43.4. The Morgan fingerprint density at radius 1 is 1.05 bits per heavy atom. The van der Waals surface area contributed by atoms with Gasteiger partial charge in [0.1, 0.15) is 0 Å². The molecule has 0 spiro atoms. The first-order valence-corrected chi connectivity index (χ1v) is 6.81. The van der Waals surface area contributed by atoms with Gasteiger partial charge in [0.2, 0.25) is 0 Å². The van der Waals surface area contributed by atoms with E-state index < -0.39 is 18.3 Å². The fraction of sp³-hybridized carbons (Fsp3) is 0.375. The topological polar surface area (TPSA) is 44.2 Å². The molecule has 1 aliphatic heterocycles. The molecule has 0 unspecified atom stereocenters. The van der Waals surface area contributed by atoms with Crippen LogP contribution in [0.3, 0.4) is 0 Å². The molecule has 4 nitrogen and oxygen atoms in total. The third-order valence-electron chi connectivity index (χ3n) is 4.00. The van der Waals surface area contributed by atoms with E-state index in [2.05, 4.69) is 9.97 Å². The van der Waals surface area contributed by atoms with E-state index in [1.165, 1.54) is 0 Å². The first kappa shape index (κ1) is 10.1. The first-order valence-electron chi connectivity index (χ1n) is 8.81. The number of hydrogen-bond donors (Lipinski definition) is 0. The summed E-state index contributed by atoms with van der Waals surface area (Å²) in [6.07, 6.45) is -0.697. The van der Waals surface area contributed by atoms with Crippen LogP contribution in [0.2, 0.25) is 0 Å². The lowest BCUT2D eigenvalue weighted by Crippen LogP contribution is -2.41. The van der Waals surface area contributed by atoms with Crippen LogP contribution < -0.4 is 5.59 Å². The number of pyridine rings is 2. The SMILES string of the molecule is [2H]c1nc([2H])c([2H])c(-c2cccc(B3OC(C)(C)C(C)(C)O3)n2)c1[2H]. The minimum absolute atomic E-state index is 0.114. The molecule has 0 bridgehead atoms. The maximum Gasteiger partial charge on any atom is 0.514 e. The largest absolute Gasteiger partial charge is 0.514 e. The lowest BCUT2D eigenvalue weighted by atomic mass is 9.84. The first-order chi connectivity index (χ1) is 11.5. The molecule has 0 N–H and O–H groups in total. The Labute approximate surface area is 131 Å². The molecule has 0 amide bonds. The molecule has 1 aliphatic rings. The molecule has 108 valence electrons. The predicted octanol–water partition coefficient (Wildman–Crippen LogP) is 2.44. The molecule has 0 aromatic carbocycles. The standard InChI is InChI=1S/C16H19BN2O2/c1-15(2)16(3,4)21-17(20-15)14-7-5-6-13(19-14)12-8-10-18-11-9-12/h5-11H,1-4H3/i8D,9D,10D,11D. The molecule has 3 heterocycles. The second-order valence-corrected chi connectivity index (χ2v) is 6.00. The van der Waals surface area contributed by atoms with Crippen molar-refractivity contribution in [3.63, 3.8) is 0 Å². The van der Waals surface area contributed by atoms with E-state index in [-0.39, 0.29) is 30.0 Å². The van der Waals surface area contributed by atoms with Gasteiger partial charge < -0.3 is 9.31 Å². The monoisotopic (exact) mass is 286 g/mol. The van der Waals surface area contributed by atoms with Gasteiger partial charge >= 0.3 is 7.12 Å². The highest BCUT2D eigenvalue weighted by molar-refractivity contribution is 6.61. The highest BCUT2D eigenvalue weighted by atomic mass is 16.7. The second-order valence-electron chi connectivity index (χ2n) is 6.00. The summed E-state index contributed by atoms with van der Waals surface area (Å²) in [5.74, 6) is 0. The molecular weight excluding hydrogens is 263 g/mol. The zero-order valence-electron chi connectivity index (χ0n) is 16.5. The molecular formula is C16H19BN2O2. The normalized spacial score (nSPS) is 22.4. The summed E-state index contributed by atoms with van der Waals surface area (Å²) in [4.78, 5) is 8.05. The molecule has 0 aliphatic carbocycles. The van der Waals surface area contributed by atoms with E-state index >= 15 is 0 Å². The van der Waals surface area contributed by atoms with Crippen LogP contribution in [0.1, 0.15) is 33.2 Å². The van der Waals surface area contributed by atoms with Crippen LogP contribution in [0.25, 0.3) is 11.3 Å². The number of nitrogens with zero attached hydrogens (tertiary/aromatic N) is 2. The zero-order valence-corrected chi connectivity index (χ0v) is 12.5. The fourth-order valence-electron chi connectivity index (χ4n) is 2.04. The molecule has 21 heavy (non-hydrogen) atoms. The van der Waals surface area contributed by atoms with Crippen molar-refractivity contribution in [1.82, 2.24) is 9.97 Å². The minimum atomic E-state index is -0.666. The molecule has 0 radical (unpaired) electrons. The Hall–Kier alpha value is -1.72. The second kappa shape index (κ2) is 4.93. The van der Waals surface area contributed by atoms with E-state index in [0.717, 1.165) is 0 Å². The lowest BCUT2D eigenvalue weighted by Gasteiger charge is -2.32. The van der Waals surface area contributed by atoms with Crippen molar-refractivity contribution in [2.45, 2.75) is 38.9 Å². The summed E-state index contributed by atoms with van der Waals surface area (Å²) in [6, 6.07) is 4.68. The Morgan fingerprint density at radius 3 is 2.29 bits per heavy atom. The van der Waals surface area contributed by atoms with Crippen LogP contribution in [0.4, 0.5) is 0 Å². The maximum absolute atomic E-state index is 8.02. The van der Waals surface area contributed by atoms with Crippen LogP contribution in [0, 0.1) is 0 Å². The van der Waals surface area contributed by atoms with E-state index in [1.807, 2.05) is 27.7 Å². The van der Waals surface area contributed by atoms with Crippen molar-refractivity contribution in [1.29, 1.82) is 0 Å². The molecule has 0 atom stereocenters. The third-order valence-corrected chi connectivity index (χ3v) is 4.00. The van der Waals surface area contributed by atoms with Crippen LogP contribution in [-0.2, 0) is 9.31 Å². The average Bonchev–Trinajstić information content (AvgIpc) is 2.74. The summed E-state index contributed by atoms with van der Waals surface area (Å²) in [5, 5.41) is 0. The lowest BCUT2D eigenvalue weighted by molar-refractivity contribution is 0.00578. The summed E-state index contributed by atoms with van der Waals surface area (Å²) >= 11 is 0. The van der Waals surface area contributed by atoms with Crippen molar-refractivity contribution >= 4 is 12.7 Å². The third kappa shape index (κ3) is 2.59. The van der Waals surface area contributed by atoms with Gasteiger partial charge in [-0.1, -0.05) is 6.07 Å². The van der Waals surface area contributed by atoms with Gasteiger partial charge in [-0.2, -0.15) is 0 Å². The van der Waals surface area contributed by atoms with E-state index in [1.54, 1.807) is 18.2 Å². The molecule has 2 aromatic rings. The smallest absolute Gasteiger partial charge is 0.398 e. The molecule has 3 rings (SSSR count). The van der Waals surface area contributed by atoms with Crippen molar-refractivity contribution in [3.8, 4) is 11.3 Å². The van der Waals surface area contributed by atoms with Crippen molar-refractivity contribution in [2.75, 3.05) is 0 Å². The van der Waals surface area contributed by atoms with Gasteiger partial charge in [0.25, 0.3) is 0 Å². The van der Waals surface area contributed by atoms with Crippen molar-refractivity contribution in [3.05, 3.63) is 42.6 Å². The van der Waals surface area contributed by atoms with Crippen molar-refractivity contribution < 1.29 is 14.8 Å². The van der Waals surface area contributed by atoms with E-state index in [0.29, 0.717) is 11.3 Å². The number of hydrogen-bond acceptors (Lipinski definition) is 4. The van der Waals surface area contributed by atoms with Gasteiger partial charge in [0.05, 0.1) is 28.0 Å². The van der Waals surface area contributed by atoms with Crippen LogP contribution in [-0.4, -0.2) is 28.3 Å². The van der Waals surface area contributed by atoms with Crippen LogP contribution >= 0.6 is 0 Å². The highest BCUT2D eigenvalue weighted by Crippen LogP contribution is 2.36. The molecule has 0 saturated carbocycles. The van der Waals surface area contributed by atoms with Crippen LogP contribution in [0.15, 0.2) is 42.6 Å². The van der Waals surface area contributed by atoms with Gasteiger partial charge in [0.15, 0.2) is 0 Å². The molecule has 5 heteroatoms. The van der Waals surface area contributed by atoms with Gasteiger partial charge in [-0.15, -0.1) is 0 Å². The van der Waals surface area contributed by atoms with E-state index in [9.17, 15) is 0 Å². The molecule has 1 saturated heterocycles. The molecule has 1 fully saturated rings. The Bertz CT molecular complexity index is 803. The van der Waals surface area contributed by atoms with Gasteiger partial charge in [-0.25, -0.2) is 0 Å². The number of rotatable bonds is 2. The quantitative estimate of drug-likeness (QED) is 0.795. The Morgan fingerprint density at radius 2 is 1.67 bits per heavy atom. The summed E-state index contributed by atoms with van der Waals surface area (Å²) in [5.41, 5.74) is -0.0500. The number of aromatic nitrogens is 2. The zero-order chi connectivity index (χ0) is 18.6. The van der Waals surface area contributed by atoms with Crippen LogP contribution in [0.5, 0.6) is 0 Å². The Kier molecular flexibility index (Phi) is 2.37. The van der Waals surface area contributed by atoms with Crippen molar-refractivity contribution in [2.24, 2.45) is 0 Å². The highest BCUT2D eigenvalue weighted by Gasteiger charge is 2.52. The van der Waals surface area contributed by atoms with Gasteiger partial charge in [0, 0.05) is 17.9 Å². The van der Waals surface area contributed by atoms with Gasteiger partial charge in [-0.3, -0.25) is 9.97 Å². The van der Waals surface area contributed by atoms with Gasteiger partial charge in [-0.05, 0) is 51.9 Å². The fourth-order valence-corrected chi connectivity index (χ4v) is 2.04.